The van der Waals surface area contributed by atoms with Crippen molar-refractivity contribution in [3.05, 3.63) is 66.4 Å². The molecule has 3 aromatic carbocycles. The molecule has 0 amide bonds. The summed E-state index contributed by atoms with van der Waals surface area (Å²) in [5.41, 5.74) is 0.373. The van der Waals surface area contributed by atoms with Crippen LogP contribution in [0, 0.1) is 0 Å². The van der Waals surface area contributed by atoms with Gasteiger partial charge in [0.25, 0.3) is 0 Å². The molecule has 34 heavy (non-hydrogen) atoms. The minimum absolute atomic E-state index is 0.000824. The first kappa shape index (κ1) is 23.0. The van der Waals surface area contributed by atoms with Gasteiger partial charge in [-0.25, -0.2) is 4.79 Å². The summed E-state index contributed by atoms with van der Waals surface area (Å²) in [5.74, 6) is -2.06. The van der Waals surface area contributed by atoms with Crippen molar-refractivity contribution in [3.8, 4) is 23.0 Å². The van der Waals surface area contributed by atoms with Gasteiger partial charge in [-0.15, -0.1) is 4.57 Å². The number of carbonyl (C=O) groups excluding carboxylic acids is 2. The van der Waals surface area contributed by atoms with Crippen molar-refractivity contribution >= 4 is 33.4 Å². The van der Waals surface area contributed by atoms with Crippen molar-refractivity contribution in [2.24, 2.45) is 0 Å². The van der Waals surface area contributed by atoms with E-state index in [-0.39, 0.29) is 28.2 Å². The Morgan fingerprint density at radius 3 is 2.44 bits per heavy atom. The number of aromatic hydroxyl groups is 1. The number of rotatable bonds is 5. The minimum Gasteiger partial charge on any atom is -0.504 e. The average Bonchev–Trinajstić information content (AvgIpc) is 2.81. The molecular weight excluding hydrogens is 451 g/mol. The smallest absolute Gasteiger partial charge is 0.504 e. The van der Waals surface area contributed by atoms with E-state index in [1.807, 2.05) is 6.07 Å². The molecule has 1 N–H and O–H groups in total. The second-order valence-corrected chi connectivity index (χ2v) is 7.46. The van der Waals surface area contributed by atoms with Gasteiger partial charge in [0.15, 0.2) is 23.5 Å². The molecular formula is C25H19F3NO5+. The molecule has 0 saturated carbocycles. The lowest BCUT2D eigenvalue weighted by molar-refractivity contribution is -0.559. The number of aromatic nitrogens is 1. The van der Waals surface area contributed by atoms with Gasteiger partial charge < -0.3 is 14.6 Å². The third-order valence-electron chi connectivity index (χ3n) is 5.36. The Kier molecular flexibility index (Phi) is 5.87. The lowest BCUT2D eigenvalue weighted by atomic mass is 10.00. The first-order valence-corrected chi connectivity index (χ1v) is 10.2. The first-order chi connectivity index (χ1) is 16.1. The van der Waals surface area contributed by atoms with E-state index in [2.05, 4.69) is 0 Å². The Morgan fingerprint density at radius 2 is 1.76 bits per heavy atom. The van der Waals surface area contributed by atoms with Gasteiger partial charge in [-0.05, 0) is 29.0 Å². The van der Waals surface area contributed by atoms with E-state index in [4.69, 9.17) is 9.47 Å². The van der Waals surface area contributed by atoms with Crippen LogP contribution in [0.2, 0.25) is 0 Å². The molecule has 0 spiro atoms. The Bertz CT molecular complexity index is 1450. The molecule has 0 aliphatic rings. The van der Waals surface area contributed by atoms with Crippen molar-refractivity contribution in [2.75, 3.05) is 7.11 Å². The van der Waals surface area contributed by atoms with Crippen LogP contribution in [0.3, 0.4) is 0 Å². The number of methoxy groups -OCH3 is 1. The summed E-state index contributed by atoms with van der Waals surface area (Å²) < 4.78 is 50.7. The van der Waals surface area contributed by atoms with Crippen LogP contribution >= 0.6 is 0 Å². The van der Waals surface area contributed by atoms with Gasteiger partial charge in [-0.2, -0.15) is 13.2 Å². The number of nitrogens with zero attached hydrogens (tertiary/aromatic N) is 1. The number of pyridine rings is 1. The number of halogens is 3. The zero-order chi connectivity index (χ0) is 24.6. The maximum atomic E-state index is 13.1. The van der Waals surface area contributed by atoms with Crippen molar-refractivity contribution in [3.63, 3.8) is 0 Å². The number of Topliss-reactive ketones (excluding diaryl/α,β-unsaturated/α-hetero) is 1. The van der Waals surface area contributed by atoms with Crippen molar-refractivity contribution in [1.82, 2.24) is 0 Å². The summed E-state index contributed by atoms with van der Waals surface area (Å²) in [7, 11) is 1.29. The maximum Gasteiger partial charge on any atom is 0.521 e. The van der Waals surface area contributed by atoms with Crippen LogP contribution in [-0.2, 0) is 0 Å². The molecule has 0 radical (unpaired) electrons. The fraction of sp³-hybridized carbons (Fsp3) is 0.160. The van der Waals surface area contributed by atoms with E-state index in [9.17, 15) is 27.9 Å². The summed E-state index contributed by atoms with van der Waals surface area (Å²) >= 11 is 0. The van der Waals surface area contributed by atoms with Crippen LogP contribution < -0.4 is 14.0 Å². The Labute approximate surface area is 191 Å². The van der Waals surface area contributed by atoms with Gasteiger partial charge in [0.2, 0.25) is 5.52 Å². The van der Waals surface area contributed by atoms with Crippen molar-refractivity contribution in [2.45, 2.75) is 19.5 Å². The SMILES string of the molecule is CCC(=O)c1cccc2cc(Oc3cc[n+](C(=O)C(F)(F)F)c4cc(O)c(OC)cc34)ccc12. The number of fused-ring (bicyclic) bond motifs is 2. The van der Waals surface area contributed by atoms with Crippen molar-refractivity contribution in [1.29, 1.82) is 0 Å². The average molecular weight is 470 g/mol. The quantitative estimate of drug-likeness (QED) is 0.304. The number of carbonyl (C=O) groups is 2. The van der Waals surface area contributed by atoms with Gasteiger partial charge in [0, 0.05) is 24.1 Å². The number of ketones is 1. The van der Waals surface area contributed by atoms with Crippen LogP contribution in [0.4, 0.5) is 13.2 Å². The van der Waals surface area contributed by atoms with Crippen LogP contribution in [0.1, 0.15) is 28.5 Å². The largest absolute Gasteiger partial charge is 0.521 e. The van der Waals surface area contributed by atoms with E-state index in [0.29, 0.717) is 22.3 Å². The predicted octanol–water partition coefficient (Wildman–Crippen LogP) is 5.58. The third-order valence-corrected chi connectivity index (χ3v) is 5.36. The highest BCUT2D eigenvalue weighted by Gasteiger charge is 2.48. The van der Waals surface area contributed by atoms with Gasteiger partial charge in [0.05, 0.1) is 18.6 Å². The van der Waals surface area contributed by atoms with E-state index in [1.54, 1.807) is 37.3 Å². The van der Waals surface area contributed by atoms with Gasteiger partial charge in [-0.3, -0.25) is 4.79 Å². The highest BCUT2D eigenvalue weighted by Crippen LogP contribution is 2.37. The second-order valence-electron chi connectivity index (χ2n) is 7.46. The topological polar surface area (TPSA) is 76.7 Å². The number of phenolic OH excluding ortho intramolecular Hbond substituents is 1. The van der Waals surface area contributed by atoms with Crippen molar-refractivity contribution < 1.29 is 41.9 Å². The number of benzene rings is 3. The van der Waals surface area contributed by atoms with Crippen LogP contribution in [0.25, 0.3) is 21.7 Å². The lowest BCUT2D eigenvalue weighted by Crippen LogP contribution is -2.51. The fourth-order valence-corrected chi connectivity index (χ4v) is 3.72. The highest BCUT2D eigenvalue weighted by atomic mass is 19.4. The van der Waals surface area contributed by atoms with E-state index < -0.39 is 17.8 Å². The molecule has 174 valence electrons. The number of alkyl halides is 3. The molecule has 6 nitrogen and oxygen atoms in total. The minimum atomic E-state index is -5.12. The number of phenols is 1. The van der Waals surface area contributed by atoms with Crippen LogP contribution in [0.5, 0.6) is 23.0 Å². The summed E-state index contributed by atoms with van der Waals surface area (Å²) in [5, 5.41) is 11.7. The summed E-state index contributed by atoms with van der Waals surface area (Å²) in [6.07, 6.45) is -3.83. The molecule has 1 heterocycles. The zero-order valence-corrected chi connectivity index (χ0v) is 18.1. The van der Waals surface area contributed by atoms with Crippen LogP contribution in [-0.4, -0.2) is 30.1 Å². The lowest BCUT2D eigenvalue weighted by Gasteiger charge is -2.12. The zero-order valence-electron chi connectivity index (χ0n) is 18.1. The molecule has 0 fully saturated rings. The molecule has 0 aliphatic carbocycles. The van der Waals surface area contributed by atoms with Gasteiger partial charge in [-0.1, -0.05) is 25.1 Å². The van der Waals surface area contributed by atoms with Gasteiger partial charge >= 0.3 is 12.1 Å². The highest BCUT2D eigenvalue weighted by molar-refractivity contribution is 6.08. The summed E-state index contributed by atoms with van der Waals surface area (Å²) in [6.45, 7) is 1.78. The van der Waals surface area contributed by atoms with Gasteiger partial charge in [0.1, 0.15) is 11.5 Å². The van der Waals surface area contributed by atoms with Crippen LogP contribution in [0.15, 0.2) is 60.8 Å². The molecule has 0 unspecified atom stereocenters. The second kappa shape index (κ2) is 8.66. The van der Waals surface area contributed by atoms with E-state index in [1.165, 1.54) is 19.2 Å². The summed E-state index contributed by atoms with van der Waals surface area (Å²) in [4.78, 5) is 24.2. The number of hydrogen-bond donors (Lipinski definition) is 1. The van der Waals surface area contributed by atoms with E-state index >= 15 is 0 Å². The molecule has 0 aliphatic heterocycles. The number of ether oxygens (including phenoxy) is 2. The molecule has 9 heteroatoms. The normalized spacial score (nSPS) is 11.6. The Balaban J connectivity index is 1.84. The maximum absolute atomic E-state index is 13.1. The first-order valence-electron chi connectivity index (χ1n) is 10.2. The molecule has 0 saturated heterocycles. The third kappa shape index (κ3) is 4.12. The Morgan fingerprint density at radius 1 is 1.00 bits per heavy atom. The molecule has 1 aromatic heterocycles. The standard InChI is InChI=1S/C25H18F3NO5/c1-3-20(30)17-6-4-5-14-11-15(7-8-16(14)17)34-22-9-10-29(24(32)25(26,27)28)19-13-21(31)23(33-2)12-18(19)22/h4-13H,3H2,1-2H3/p+1. The monoisotopic (exact) mass is 470 g/mol. The molecule has 4 rings (SSSR count). The van der Waals surface area contributed by atoms with E-state index in [0.717, 1.165) is 23.0 Å². The Hall–Kier alpha value is -4.14. The molecule has 4 aromatic rings. The molecule has 0 atom stereocenters. The summed E-state index contributed by atoms with van der Waals surface area (Å²) in [6, 6.07) is 13.9. The number of hydrogen-bond acceptors (Lipinski definition) is 5. The fourth-order valence-electron chi connectivity index (χ4n) is 3.72. The predicted molar refractivity (Wildman–Crippen MR) is 118 cm³/mol. The molecule has 0 bridgehead atoms.